The second kappa shape index (κ2) is 10.2. The highest BCUT2D eigenvalue weighted by Gasteiger charge is 2.64. The van der Waals surface area contributed by atoms with E-state index in [1.54, 1.807) is 20.8 Å². The van der Waals surface area contributed by atoms with Crippen LogP contribution >= 0.6 is 11.6 Å². The maximum absolute atomic E-state index is 13.3. The minimum absolute atomic E-state index is 0.0440. The van der Waals surface area contributed by atoms with Crippen LogP contribution < -0.4 is 5.32 Å². The SMILES string of the molecule is CC(C)(C)OC(=O)N[C@H](COC(=O)CC1(C(F)(F)F)CC1)c1ccc(Cl)c(-c2ncnn2C(F)F)c1. The van der Waals surface area contributed by atoms with Gasteiger partial charge in [0.2, 0.25) is 0 Å². The number of benzene rings is 1. The first-order valence-corrected chi connectivity index (χ1v) is 11.2. The molecule has 1 heterocycles. The Balaban J connectivity index is 1.85. The molecule has 0 unspecified atom stereocenters. The van der Waals surface area contributed by atoms with Crippen LogP contribution in [0.25, 0.3) is 11.4 Å². The van der Waals surface area contributed by atoms with Crippen LogP contribution in [0.15, 0.2) is 24.5 Å². The number of alkyl halides is 5. The highest BCUT2D eigenvalue weighted by atomic mass is 35.5. The monoisotopic (exact) mass is 538 g/mol. The zero-order valence-electron chi connectivity index (χ0n) is 19.5. The van der Waals surface area contributed by atoms with Crippen molar-refractivity contribution in [3.63, 3.8) is 0 Å². The number of aromatic nitrogens is 3. The highest BCUT2D eigenvalue weighted by Crippen LogP contribution is 2.60. The number of carbonyl (C=O) groups is 2. The van der Waals surface area contributed by atoms with Crippen LogP contribution in [0, 0.1) is 5.41 Å². The quantitative estimate of drug-likeness (QED) is 0.335. The molecule has 3 rings (SSSR count). The molecular weight excluding hydrogens is 515 g/mol. The Kier molecular flexibility index (Phi) is 7.82. The van der Waals surface area contributed by atoms with Gasteiger partial charge in [-0.2, -0.15) is 31.7 Å². The number of nitrogens with one attached hydrogen (secondary N) is 1. The molecule has 1 aromatic heterocycles. The van der Waals surface area contributed by atoms with Gasteiger partial charge in [0.1, 0.15) is 18.5 Å². The molecule has 198 valence electrons. The number of nitrogens with zero attached hydrogens (tertiary/aromatic N) is 3. The van der Waals surface area contributed by atoms with Crippen molar-refractivity contribution in [2.45, 2.75) is 64.4 Å². The summed E-state index contributed by atoms with van der Waals surface area (Å²) in [5.41, 5.74) is -2.68. The molecule has 2 aromatic rings. The zero-order chi connectivity index (χ0) is 26.9. The van der Waals surface area contributed by atoms with Gasteiger partial charge in [0, 0.05) is 5.56 Å². The minimum atomic E-state index is -4.54. The molecule has 1 aliphatic carbocycles. The molecule has 36 heavy (non-hydrogen) atoms. The van der Waals surface area contributed by atoms with Crippen molar-refractivity contribution in [1.82, 2.24) is 20.1 Å². The molecule has 0 aliphatic heterocycles. The van der Waals surface area contributed by atoms with Gasteiger partial charge in [-0.05, 0) is 51.3 Å². The minimum Gasteiger partial charge on any atom is -0.463 e. The number of esters is 1. The number of ether oxygens (including phenoxy) is 2. The van der Waals surface area contributed by atoms with Crippen LogP contribution in [0.2, 0.25) is 5.02 Å². The maximum atomic E-state index is 13.3. The standard InChI is InChI=1S/C22H24ClF5N4O4/c1-20(2,3)36-19(34)31-15(10-35-16(33)9-21(6-7-21)22(26,27)28)12-4-5-14(23)13(8-12)17-29-11-30-32(17)18(24)25/h4-5,8,11,15,18H,6-7,9-10H2,1-3H3,(H,31,34)/t15-/m1/s1. The van der Waals surface area contributed by atoms with Crippen LogP contribution in [0.5, 0.6) is 0 Å². The summed E-state index contributed by atoms with van der Waals surface area (Å²) in [6.07, 6.45) is -5.71. The first-order valence-electron chi connectivity index (χ1n) is 10.8. The predicted molar refractivity (Wildman–Crippen MR) is 117 cm³/mol. The summed E-state index contributed by atoms with van der Waals surface area (Å²) in [4.78, 5) is 28.4. The molecule has 1 aromatic carbocycles. The Labute approximate surface area is 208 Å². The van der Waals surface area contributed by atoms with E-state index < -0.39 is 54.9 Å². The normalized spacial score (nSPS) is 15.9. The zero-order valence-corrected chi connectivity index (χ0v) is 20.3. The number of amides is 1. The lowest BCUT2D eigenvalue weighted by molar-refractivity contribution is -0.195. The maximum Gasteiger partial charge on any atom is 0.408 e. The van der Waals surface area contributed by atoms with Crippen molar-refractivity contribution in [2.24, 2.45) is 5.41 Å². The van der Waals surface area contributed by atoms with Crippen LogP contribution in [0.4, 0.5) is 26.7 Å². The van der Waals surface area contributed by atoms with E-state index >= 15 is 0 Å². The second-order valence-electron chi connectivity index (χ2n) is 9.38. The molecule has 1 aliphatic rings. The fourth-order valence-corrected chi connectivity index (χ4v) is 3.60. The average molecular weight is 539 g/mol. The molecule has 1 N–H and O–H groups in total. The summed E-state index contributed by atoms with van der Waals surface area (Å²) >= 11 is 6.18. The van der Waals surface area contributed by atoms with Gasteiger partial charge in [-0.25, -0.2) is 9.78 Å². The Morgan fingerprint density at radius 2 is 1.89 bits per heavy atom. The Bertz CT molecular complexity index is 1110. The van der Waals surface area contributed by atoms with Crippen LogP contribution in [0.1, 0.15) is 58.2 Å². The molecule has 0 bridgehead atoms. The largest absolute Gasteiger partial charge is 0.463 e. The Hall–Kier alpha value is -2.96. The predicted octanol–water partition coefficient (Wildman–Crippen LogP) is 5.84. The van der Waals surface area contributed by atoms with Crippen molar-refractivity contribution >= 4 is 23.7 Å². The van der Waals surface area contributed by atoms with Gasteiger partial charge in [0.15, 0.2) is 5.82 Å². The van der Waals surface area contributed by atoms with E-state index in [1.165, 1.54) is 18.2 Å². The topological polar surface area (TPSA) is 95.3 Å². The first kappa shape index (κ1) is 27.6. The Morgan fingerprint density at radius 1 is 1.22 bits per heavy atom. The number of rotatable bonds is 8. The number of halogens is 6. The van der Waals surface area contributed by atoms with E-state index in [0.29, 0.717) is 4.68 Å². The second-order valence-corrected chi connectivity index (χ2v) is 9.79. The molecule has 1 saturated carbocycles. The third kappa shape index (κ3) is 6.62. The molecule has 8 nitrogen and oxygen atoms in total. The summed E-state index contributed by atoms with van der Waals surface area (Å²) in [5, 5.41) is 5.99. The van der Waals surface area contributed by atoms with E-state index in [4.69, 9.17) is 21.1 Å². The summed E-state index contributed by atoms with van der Waals surface area (Å²) < 4.78 is 76.8. The van der Waals surface area contributed by atoms with Crippen LogP contribution in [-0.4, -0.2) is 45.2 Å². The number of alkyl carbamates (subject to hydrolysis) is 1. The van der Waals surface area contributed by atoms with Gasteiger partial charge in [-0.1, -0.05) is 17.7 Å². The van der Waals surface area contributed by atoms with Gasteiger partial charge >= 0.3 is 24.8 Å². The molecule has 0 saturated heterocycles. The summed E-state index contributed by atoms with van der Waals surface area (Å²) in [6.45, 7) is 1.29. The first-order chi connectivity index (χ1) is 16.6. The highest BCUT2D eigenvalue weighted by molar-refractivity contribution is 6.33. The molecule has 1 atom stereocenters. The van der Waals surface area contributed by atoms with Crippen molar-refractivity contribution in [1.29, 1.82) is 0 Å². The molecule has 1 amide bonds. The Morgan fingerprint density at radius 3 is 2.44 bits per heavy atom. The lowest BCUT2D eigenvalue weighted by Crippen LogP contribution is -2.37. The van der Waals surface area contributed by atoms with Crippen molar-refractivity contribution < 1.29 is 41.0 Å². The van der Waals surface area contributed by atoms with Crippen LogP contribution in [-0.2, 0) is 14.3 Å². The van der Waals surface area contributed by atoms with E-state index in [2.05, 4.69) is 15.4 Å². The van der Waals surface area contributed by atoms with Gasteiger partial charge in [-0.3, -0.25) is 4.79 Å². The van der Waals surface area contributed by atoms with Crippen molar-refractivity contribution in [3.8, 4) is 11.4 Å². The summed E-state index contributed by atoms with van der Waals surface area (Å²) in [6, 6.07) is 3.01. The van der Waals surface area contributed by atoms with Gasteiger partial charge in [-0.15, -0.1) is 0 Å². The molecule has 0 radical (unpaired) electrons. The summed E-state index contributed by atoms with van der Waals surface area (Å²) in [7, 11) is 0. The van der Waals surface area contributed by atoms with Gasteiger partial charge < -0.3 is 14.8 Å². The smallest absolute Gasteiger partial charge is 0.408 e. The van der Waals surface area contributed by atoms with E-state index in [9.17, 15) is 31.5 Å². The average Bonchev–Trinajstić information content (AvgIpc) is 3.36. The van der Waals surface area contributed by atoms with E-state index in [-0.39, 0.29) is 34.8 Å². The van der Waals surface area contributed by atoms with Gasteiger partial charge in [0.05, 0.1) is 22.9 Å². The third-order valence-corrected chi connectivity index (χ3v) is 5.76. The van der Waals surface area contributed by atoms with Crippen molar-refractivity contribution in [2.75, 3.05) is 6.61 Å². The fourth-order valence-electron chi connectivity index (χ4n) is 3.40. The molecule has 0 spiro atoms. The lowest BCUT2D eigenvalue weighted by atomic mass is 10.0. The molecule has 1 fully saturated rings. The number of hydrogen-bond donors (Lipinski definition) is 1. The molecule has 14 heteroatoms. The number of hydrogen-bond acceptors (Lipinski definition) is 6. The summed E-state index contributed by atoms with van der Waals surface area (Å²) in [5.74, 6) is -1.35. The molecular formula is C22H24ClF5N4O4. The van der Waals surface area contributed by atoms with Crippen molar-refractivity contribution in [3.05, 3.63) is 35.1 Å². The van der Waals surface area contributed by atoms with Gasteiger partial charge in [0.25, 0.3) is 0 Å². The number of carbonyl (C=O) groups excluding carboxylic acids is 2. The van der Waals surface area contributed by atoms with Crippen LogP contribution in [0.3, 0.4) is 0 Å². The third-order valence-electron chi connectivity index (χ3n) is 5.43. The van der Waals surface area contributed by atoms with E-state index in [0.717, 1.165) is 6.33 Å². The van der Waals surface area contributed by atoms with E-state index in [1.807, 2.05) is 0 Å². The lowest BCUT2D eigenvalue weighted by Gasteiger charge is -2.25. The fraction of sp³-hybridized carbons (Fsp3) is 0.545.